The average molecular weight is 761 g/mol. The zero-order valence-corrected chi connectivity index (χ0v) is 31.3. The number of aromatic nitrogens is 5. The number of fused-ring (bicyclic) bond motifs is 3. The van der Waals surface area contributed by atoms with Gasteiger partial charge >= 0.3 is 5.97 Å². The van der Waals surface area contributed by atoms with Gasteiger partial charge in [-0.15, -0.1) is 5.10 Å². The highest BCUT2D eigenvalue weighted by atomic mass is 19.1. The van der Waals surface area contributed by atoms with Gasteiger partial charge in [0.25, 0.3) is 5.91 Å². The maximum absolute atomic E-state index is 14.8. The molecule has 55 heavy (non-hydrogen) atoms. The molecule has 0 spiro atoms. The van der Waals surface area contributed by atoms with E-state index < -0.39 is 48.1 Å². The monoisotopic (exact) mass is 760 g/mol. The van der Waals surface area contributed by atoms with Crippen molar-refractivity contribution in [2.45, 2.75) is 90.3 Å². The van der Waals surface area contributed by atoms with Crippen LogP contribution in [0.1, 0.15) is 69.3 Å². The van der Waals surface area contributed by atoms with Crippen molar-refractivity contribution in [1.82, 2.24) is 40.5 Å². The van der Waals surface area contributed by atoms with E-state index >= 15 is 0 Å². The van der Waals surface area contributed by atoms with E-state index in [9.17, 15) is 28.7 Å². The van der Waals surface area contributed by atoms with Crippen LogP contribution >= 0.6 is 0 Å². The Kier molecular flexibility index (Phi) is 14.6. The van der Waals surface area contributed by atoms with Crippen LogP contribution in [0.15, 0.2) is 77.2 Å². The Balaban J connectivity index is 1.29. The summed E-state index contributed by atoms with van der Waals surface area (Å²) in [5.74, 6) is -2.88. The van der Waals surface area contributed by atoms with E-state index in [1.807, 2.05) is 32.0 Å². The molecular formula is C39H49FN8O7. The lowest BCUT2D eigenvalue weighted by Crippen LogP contribution is -2.44. The number of pyridine rings is 1. The highest BCUT2D eigenvalue weighted by Gasteiger charge is 2.39. The topological polar surface area (TPSA) is 195 Å². The number of nitrogens with zero attached hydrogens (tertiary/aromatic N) is 6. The summed E-state index contributed by atoms with van der Waals surface area (Å²) >= 11 is 0. The van der Waals surface area contributed by atoms with Gasteiger partial charge < -0.3 is 29.8 Å². The summed E-state index contributed by atoms with van der Waals surface area (Å²) in [5, 5.41) is 24.4. The SMILES string of the molecule is CC1=C\[C@@H](O)C[C@@H](F)Cc2nc(co2)C(=O)N2CCC[C@@H]2C(=O)O[C@H](C(C)C)[C@H](CC(=O)NCCCn2cc(-c3ccccn3)nn2)/C=C/C(=O)NC\C=C\1. The van der Waals surface area contributed by atoms with E-state index in [1.165, 1.54) is 17.1 Å². The molecule has 1 saturated heterocycles. The zero-order valence-electron chi connectivity index (χ0n) is 31.3. The Bertz CT molecular complexity index is 1860. The normalized spacial score (nSPS) is 25.3. The number of rotatable bonds is 8. The van der Waals surface area contributed by atoms with Crippen LogP contribution in [0.25, 0.3) is 11.4 Å². The second-order valence-corrected chi connectivity index (χ2v) is 14.1. The predicted octanol–water partition coefficient (Wildman–Crippen LogP) is 3.53. The number of aryl methyl sites for hydroxylation is 1. The third-order valence-electron chi connectivity index (χ3n) is 9.28. The van der Waals surface area contributed by atoms with Gasteiger partial charge in [0.15, 0.2) is 11.6 Å². The fraction of sp³-hybridized carbons (Fsp3) is 0.487. The van der Waals surface area contributed by atoms with Gasteiger partial charge in [-0.3, -0.25) is 24.0 Å². The van der Waals surface area contributed by atoms with Crippen molar-refractivity contribution in [2.24, 2.45) is 11.8 Å². The standard InChI is InChI=1S/C39H49FN8O7/c1-25(2)37-27(20-35(51)43-16-8-17-47-23-31(45-46-47)30-10-4-5-14-41-30)12-13-34(50)42-15-6-9-26(3)19-29(49)21-28(40)22-36-44-32(24-54-36)38(52)48-18-7-11-33(48)39(53)55-37/h4-6,9-10,12-14,19,23-25,27-29,33,37,49H,7-8,11,15-18,20-22H2,1-3H3,(H,42,50)(H,43,51)/b9-6+,13-12+,26-19+/t27-,28+,29+,33+,37+/m0/s1. The van der Waals surface area contributed by atoms with E-state index in [2.05, 4.69) is 30.9 Å². The van der Waals surface area contributed by atoms with Gasteiger partial charge in [0.2, 0.25) is 11.8 Å². The van der Waals surface area contributed by atoms with Crippen molar-refractivity contribution >= 4 is 23.7 Å². The quantitative estimate of drug-likeness (QED) is 0.225. The first-order chi connectivity index (χ1) is 26.5. The molecule has 15 nitrogen and oxygen atoms in total. The van der Waals surface area contributed by atoms with Crippen LogP contribution < -0.4 is 10.6 Å². The number of hydrogen-bond acceptors (Lipinski definition) is 11. The molecule has 16 heteroatoms. The van der Waals surface area contributed by atoms with E-state index in [1.54, 1.807) is 42.2 Å². The Hall–Kier alpha value is -5.51. The summed E-state index contributed by atoms with van der Waals surface area (Å²) in [6, 6.07) is 4.62. The van der Waals surface area contributed by atoms with Crippen LogP contribution in [-0.2, 0) is 32.1 Å². The third-order valence-corrected chi connectivity index (χ3v) is 9.28. The lowest BCUT2D eigenvalue weighted by Gasteiger charge is -2.31. The molecule has 2 aliphatic rings. The smallest absolute Gasteiger partial charge is 0.329 e. The average Bonchev–Trinajstić information content (AvgIpc) is 3.94. The minimum atomic E-state index is -1.50. The number of ether oxygens (including phenoxy) is 1. The van der Waals surface area contributed by atoms with Crippen molar-refractivity contribution < 1.29 is 37.8 Å². The second-order valence-electron chi connectivity index (χ2n) is 14.1. The first-order valence-electron chi connectivity index (χ1n) is 18.6. The number of allylic oxidation sites excluding steroid dienone is 2. The molecule has 0 aromatic carbocycles. The summed E-state index contributed by atoms with van der Waals surface area (Å²) in [6.45, 7) is 6.73. The van der Waals surface area contributed by atoms with Crippen LogP contribution in [-0.4, -0.2) is 103 Å². The summed E-state index contributed by atoms with van der Waals surface area (Å²) in [4.78, 5) is 63.3. The number of carbonyl (C=O) groups excluding carboxylic acids is 4. The van der Waals surface area contributed by atoms with Gasteiger partial charge in [-0.1, -0.05) is 55.0 Å². The van der Waals surface area contributed by atoms with E-state index in [4.69, 9.17) is 9.15 Å². The predicted molar refractivity (Wildman–Crippen MR) is 199 cm³/mol. The maximum Gasteiger partial charge on any atom is 0.329 e. The molecule has 5 rings (SSSR count). The van der Waals surface area contributed by atoms with Crippen molar-refractivity contribution in [2.75, 3.05) is 19.6 Å². The molecule has 5 atom stereocenters. The van der Waals surface area contributed by atoms with Crippen molar-refractivity contribution in [3.8, 4) is 11.4 Å². The second kappa shape index (κ2) is 19.7. The molecule has 3 aromatic rings. The fourth-order valence-corrected chi connectivity index (χ4v) is 6.56. The first-order valence-corrected chi connectivity index (χ1v) is 18.6. The lowest BCUT2D eigenvalue weighted by atomic mass is 9.89. The molecule has 0 aliphatic carbocycles. The Morgan fingerprint density at radius 1 is 1.16 bits per heavy atom. The minimum absolute atomic E-state index is 0.00276. The highest BCUT2D eigenvalue weighted by Crippen LogP contribution is 2.27. The van der Waals surface area contributed by atoms with Crippen LogP contribution in [0, 0.1) is 11.8 Å². The number of nitrogens with one attached hydrogen (secondary N) is 2. The molecule has 3 amide bonds. The van der Waals surface area contributed by atoms with E-state index in [0.717, 1.165) is 6.26 Å². The molecular weight excluding hydrogens is 711 g/mol. The molecule has 0 saturated carbocycles. The third kappa shape index (κ3) is 12.0. The van der Waals surface area contributed by atoms with Crippen LogP contribution in [0.2, 0.25) is 0 Å². The van der Waals surface area contributed by atoms with Crippen LogP contribution in [0.5, 0.6) is 0 Å². The van der Waals surface area contributed by atoms with Crippen molar-refractivity contribution in [3.63, 3.8) is 0 Å². The number of aliphatic hydroxyl groups excluding tert-OH is 1. The highest BCUT2D eigenvalue weighted by molar-refractivity contribution is 5.95. The molecule has 1 fully saturated rings. The summed E-state index contributed by atoms with van der Waals surface area (Å²) in [6.07, 6.45) is 9.89. The molecule has 294 valence electrons. The number of hydrogen-bond donors (Lipinski definition) is 3. The largest absolute Gasteiger partial charge is 0.460 e. The Morgan fingerprint density at radius 3 is 2.78 bits per heavy atom. The number of esters is 1. The molecule has 0 unspecified atom stereocenters. The van der Waals surface area contributed by atoms with Crippen molar-refractivity contribution in [3.05, 3.63) is 84.4 Å². The number of alkyl halides is 1. The van der Waals surface area contributed by atoms with Gasteiger partial charge in [-0.05, 0) is 50.3 Å². The summed E-state index contributed by atoms with van der Waals surface area (Å²) in [7, 11) is 0. The molecule has 5 heterocycles. The van der Waals surface area contributed by atoms with Gasteiger partial charge in [0.1, 0.15) is 30.3 Å². The number of carbonyl (C=O) groups is 4. The number of oxazole rings is 1. The van der Waals surface area contributed by atoms with E-state index in [0.29, 0.717) is 49.3 Å². The van der Waals surface area contributed by atoms with Crippen LogP contribution in [0.4, 0.5) is 4.39 Å². The first kappa shape index (κ1) is 40.7. The molecule has 2 bridgehead atoms. The lowest BCUT2D eigenvalue weighted by molar-refractivity contribution is -0.159. The molecule has 2 aliphatic heterocycles. The van der Waals surface area contributed by atoms with Crippen LogP contribution in [0.3, 0.4) is 0 Å². The number of amides is 3. The Morgan fingerprint density at radius 2 is 2.00 bits per heavy atom. The minimum Gasteiger partial charge on any atom is -0.460 e. The van der Waals surface area contributed by atoms with E-state index in [-0.39, 0.29) is 55.8 Å². The maximum atomic E-state index is 14.8. The molecule has 3 aromatic heterocycles. The number of aliphatic hydroxyl groups is 1. The number of halogens is 1. The summed E-state index contributed by atoms with van der Waals surface area (Å²) < 4.78 is 28.0. The van der Waals surface area contributed by atoms with Gasteiger partial charge in [-0.25, -0.2) is 14.2 Å². The number of cyclic esters (lactones) is 1. The van der Waals surface area contributed by atoms with Crippen molar-refractivity contribution in [1.29, 1.82) is 0 Å². The zero-order chi connectivity index (χ0) is 39.3. The fourth-order valence-electron chi connectivity index (χ4n) is 6.56. The molecule has 0 radical (unpaired) electrons. The van der Waals surface area contributed by atoms with Gasteiger partial charge in [0.05, 0.1) is 24.4 Å². The summed E-state index contributed by atoms with van der Waals surface area (Å²) in [5.41, 5.74) is 1.95. The van der Waals surface area contributed by atoms with Gasteiger partial charge in [0, 0.05) is 51.1 Å². The Labute approximate surface area is 319 Å². The van der Waals surface area contributed by atoms with Gasteiger partial charge in [-0.2, -0.15) is 0 Å². The molecule has 3 N–H and O–H groups in total.